The normalized spacial score (nSPS) is 11.3. The van der Waals surface area contributed by atoms with E-state index in [9.17, 15) is 4.79 Å². The molecule has 3 aromatic heterocycles. The molecule has 0 saturated carbocycles. The largest absolute Gasteiger partial charge is 0.455 e. The van der Waals surface area contributed by atoms with Crippen LogP contribution in [0.1, 0.15) is 13.8 Å². The molecule has 7 nitrogen and oxygen atoms in total. The summed E-state index contributed by atoms with van der Waals surface area (Å²) in [5.74, 6) is 2.43. The fraction of sp³-hybridized carbons (Fsp3) is 0.222. The Kier molecular flexibility index (Phi) is 7.06. The van der Waals surface area contributed by atoms with Crippen molar-refractivity contribution in [3.63, 3.8) is 0 Å². The van der Waals surface area contributed by atoms with E-state index in [-0.39, 0.29) is 0 Å². The van der Waals surface area contributed by atoms with Crippen LogP contribution in [-0.4, -0.2) is 38.9 Å². The van der Waals surface area contributed by atoms with Gasteiger partial charge >= 0.3 is 0 Å². The summed E-state index contributed by atoms with van der Waals surface area (Å²) < 4.78 is 9.37. The Balaban J connectivity index is 1.36. The molecule has 36 heavy (non-hydrogen) atoms. The number of carbonyl (C=O) groups excluding carboxylic acids is 1. The maximum Gasteiger partial charge on any atom is 0.209 e. The van der Waals surface area contributed by atoms with Crippen molar-refractivity contribution in [3.8, 4) is 11.5 Å². The zero-order valence-corrected chi connectivity index (χ0v) is 21.6. The minimum absolute atomic E-state index is 0.409. The average Bonchev–Trinajstić information content (AvgIpc) is 3.51. The first-order valence-corrected chi connectivity index (χ1v) is 13.0. The number of amides is 1. The molecule has 3 heterocycles. The molecule has 2 aromatic carbocycles. The number of thiophene rings is 1. The van der Waals surface area contributed by atoms with Gasteiger partial charge in [-0.25, -0.2) is 9.97 Å². The van der Waals surface area contributed by atoms with Crippen LogP contribution >= 0.6 is 22.9 Å². The Morgan fingerprint density at radius 2 is 2.06 bits per heavy atom. The van der Waals surface area contributed by atoms with Crippen molar-refractivity contribution in [2.45, 2.75) is 20.4 Å². The summed E-state index contributed by atoms with van der Waals surface area (Å²) in [6.45, 7) is 6.16. The smallest absolute Gasteiger partial charge is 0.209 e. The van der Waals surface area contributed by atoms with Crippen LogP contribution < -0.4 is 10.1 Å². The highest BCUT2D eigenvalue weighted by atomic mass is 35.5. The van der Waals surface area contributed by atoms with Crippen molar-refractivity contribution in [3.05, 3.63) is 71.5 Å². The van der Waals surface area contributed by atoms with Crippen molar-refractivity contribution >= 4 is 62.0 Å². The third kappa shape index (κ3) is 5.15. The first-order chi connectivity index (χ1) is 17.5. The number of halogens is 1. The Bertz CT molecular complexity index is 1510. The molecule has 0 bridgehead atoms. The molecule has 0 unspecified atom stereocenters. The number of benzene rings is 2. The summed E-state index contributed by atoms with van der Waals surface area (Å²) in [4.78, 5) is 22.1. The molecule has 9 heteroatoms. The van der Waals surface area contributed by atoms with Gasteiger partial charge in [0, 0.05) is 41.6 Å². The quantitative estimate of drug-likeness (QED) is 0.202. The van der Waals surface area contributed by atoms with Gasteiger partial charge in [-0.3, -0.25) is 4.79 Å². The number of aromatic nitrogens is 3. The van der Waals surface area contributed by atoms with Crippen LogP contribution in [-0.2, 0) is 11.3 Å². The highest BCUT2D eigenvalue weighted by Gasteiger charge is 2.13. The van der Waals surface area contributed by atoms with Gasteiger partial charge in [0.1, 0.15) is 23.3 Å². The van der Waals surface area contributed by atoms with Crippen molar-refractivity contribution in [1.82, 2.24) is 19.4 Å². The van der Waals surface area contributed by atoms with E-state index >= 15 is 0 Å². The Labute approximate surface area is 218 Å². The minimum Gasteiger partial charge on any atom is -0.455 e. The molecule has 0 aliphatic rings. The summed E-state index contributed by atoms with van der Waals surface area (Å²) in [5, 5.41) is 6.97. The minimum atomic E-state index is 0.409. The number of carbonyl (C=O) groups is 1. The van der Waals surface area contributed by atoms with E-state index in [2.05, 4.69) is 39.8 Å². The lowest BCUT2D eigenvalue weighted by Gasteiger charge is -2.20. The third-order valence-electron chi connectivity index (χ3n) is 5.80. The number of ether oxygens (including phenoxy) is 1. The topological polar surface area (TPSA) is 72.3 Å². The van der Waals surface area contributed by atoms with Gasteiger partial charge in [0.15, 0.2) is 5.82 Å². The summed E-state index contributed by atoms with van der Waals surface area (Å²) in [6.07, 6.45) is 4.41. The lowest BCUT2D eigenvalue weighted by atomic mass is 10.2. The molecule has 0 atom stereocenters. The predicted molar refractivity (Wildman–Crippen MR) is 147 cm³/mol. The Morgan fingerprint density at radius 1 is 1.17 bits per heavy atom. The van der Waals surface area contributed by atoms with Gasteiger partial charge in [-0.05, 0) is 53.8 Å². The summed E-state index contributed by atoms with van der Waals surface area (Å²) in [5.41, 5.74) is 2.47. The lowest BCUT2D eigenvalue weighted by molar-refractivity contribution is -0.118. The van der Waals surface area contributed by atoms with Crippen LogP contribution in [0.4, 0.5) is 11.5 Å². The third-order valence-corrected chi connectivity index (χ3v) is 6.97. The van der Waals surface area contributed by atoms with Crippen LogP contribution in [0.5, 0.6) is 11.5 Å². The van der Waals surface area contributed by atoms with E-state index in [4.69, 9.17) is 16.3 Å². The van der Waals surface area contributed by atoms with Gasteiger partial charge in [0.25, 0.3) is 0 Å². The highest BCUT2D eigenvalue weighted by Crippen LogP contribution is 2.37. The molecular weight excluding hydrogens is 494 g/mol. The van der Waals surface area contributed by atoms with Crippen LogP contribution in [0.2, 0.25) is 5.02 Å². The van der Waals surface area contributed by atoms with E-state index in [0.717, 1.165) is 45.5 Å². The lowest BCUT2D eigenvalue weighted by Crippen LogP contribution is -2.29. The van der Waals surface area contributed by atoms with E-state index in [1.54, 1.807) is 16.2 Å². The Hall–Kier alpha value is -3.62. The molecule has 184 valence electrons. The van der Waals surface area contributed by atoms with Gasteiger partial charge in [0.2, 0.25) is 6.41 Å². The number of hydrogen-bond acceptors (Lipinski definition) is 6. The first-order valence-electron chi connectivity index (χ1n) is 11.7. The molecule has 0 radical (unpaired) electrons. The standard InChI is InChI=1S/C27H26ClN5O2S/c1-18(2)15-32(17-34)11-12-33-10-8-22-26(33)27(30-16-29-22)31-19-6-7-24(21(28)14-19)35-23-4-3-5-25-20(23)9-13-36-25/h3-10,13-14,16-18H,11-12,15H2,1-2H3,(H,29,30,31). The maximum atomic E-state index is 11.5. The van der Waals surface area contributed by atoms with Gasteiger partial charge in [-0.2, -0.15) is 0 Å². The average molecular weight is 520 g/mol. The SMILES string of the molecule is CC(C)CN(C=O)CCn1ccc2ncnc(Nc3ccc(Oc4cccc5sccc45)c(Cl)c3)c21. The molecule has 1 amide bonds. The van der Waals surface area contributed by atoms with Gasteiger partial charge in [-0.15, -0.1) is 11.3 Å². The van der Waals surface area contributed by atoms with Gasteiger partial charge in [0.05, 0.1) is 10.5 Å². The number of rotatable bonds is 10. The molecule has 0 fully saturated rings. The highest BCUT2D eigenvalue weighted by molar-refractivity contribution is 7.17. The first kappa shape index (κ1) is 24.1. The summed E-state index contributed by atoms with van der Waals surface area (Å²) in [6, 6.07) is 15.6. The monoisotopic (exact) mass is 519 g/mol. The van der Waals surface area contributed by atoms with Crippen LogP contribution in [0.15, 0.2) is 66.4 Å². The van der Waals surface area contributed by atoms with Gasteiger partial charge in [-0.1, -0.05) is 31.5 Å². The molecule has 0 aliphatic carbocycles. The Morgan fingerprint density at radius 3 is 2.86 bits per heavy atom. The second-order valence-electron chi connectivity index (χ2n) is 8.92. The van der Waals surface area contributed by atoms with Crippen LogP contribution in [0, 0.1) is 5.92 Å². The predicted octanol–water partition coefficient (Wildman–Crippen LogP) is 6.95. The zero-order valence-electron chi connectivity index (χ0n) is 20.0. The van der Waals surface area contributed by atoms with E-state index in [1.165, 1.54) is 6.33 Å². The number of fused-ring (bicyclic) bond motifs is 2. The number of nitrogens with one attached hydrogen (secondary N) is 1. The zero-order chi connectivity index (χ0) is 25.1. The second kappa shape index (κ2) is 10.6. The molecule has 0 spiro atoms. The maximum absolute atomic E-state index is 11.5. The van der Waals surface area contributed by atoms with Crippen molar-refractivity contribution in [2.24, 2.45) is 5.92 Å². The van der Waals surface area contributed by atoms with Gasteiger partial charge < -0.3 is 19.5 Å². The number of hydrogen-bond donors (Lipinski definition) is 1. The molecule has 1 N–H and O–H groups in total. The fourth-order valence-corrected chi connectivity index (χ4v) is 5.20. The molecule has 0 aliphatic heterocycles. The van der Waals surface area contributed by atoms with Crippen molar-refractivity contribution < 1.29 is 9.53 Å². The fourth-order valence-electron chi connectivity index (χ4n) is 4.17. The van der Waals surface area contributed by atoms with Crippen molar-refractivity contribution in [2.75, 3.05) is 18.4 Å². The van der Waals surface area contributed by atoms with E-state index in [0.29, 0.717) is 35.6 Å². The van der Waals surface area contributed by atoms with E-state index in [1.807, 2.05) is 54.0 Å². The number of nitrogens with zero attached hydrogens (tertiary/aromatic N) is 4. The molecular formula is C27H26ClN5O2S. The molecule has 5 rings (SSSR count). The molecule has 0 saturated heterocycles. The van der Waals surface area contributed by atoms with Crippen LogP contribution in [0.25, 0.3) is 21.1 Å². The summed E-state index contributed by atoms with van der Waals surface area (Å²) >= 11 is 8.28. The second-order valence-corrected chi connectivity index (χ2v) is 10.3. The molecule has 5 aromatic rings. The summed E-state index contributed by atoms with van der Waals surface area (Å²) in [7, 11) is 0. The van der Waals surface area contributed by atoms with E-state index < -0.39 is 0 Å². The van der Waals surface area contributed by atoms with Crippen LogP contribution in [0.3, 0.4) is 0 Å². The number of anilines is 2. The van der Waals surface area contributed by atoms with Crippen molar-refractivity contribution in [1.29, 1.82) is 0 Å².